The third-order valence-corrected chi connectivity index (χ3v) is 5.41. The van der Waals surface area contributed by atoms with E-state index < -0.39 is 9.04 Å². The van der Waals surface area contributed by atoms with E-state index in [9.17, 15) is 0 Å². The van der Waals surface area contributed by atoms with Crippen LogP contribution >= 0.6 is 0 Å². The average Bonchev–Trinajstić information content (AvgIpc) is 2.07. The summed E-state index contributed by atoms with van der Waals surface area (Å²) >= 11 is 0. The van der Waals surface area contributed by atoms with Crippen LogP contribution in [0.25, 0.3) is 0 Å². The Labute approximate surface area is 69.9 Å². The van der Waals surface area contributed by atoms with Crippen molar-refractivity contribution < 1.29 is 4.43 Å². The zero-order chi connectivity index (χ0) is 8.10. The summed E-state index contributed by atoms with van der Waals surface area (Å²) in [6.07, 6.45) is 3.24. The lowest BCUT2D eigenvalue weighted by Gasteiger charge is -2.24. The molecule has 0 spiro atoms. The molecule has 0 N–H and O–H groups in total. The van der Waals surface area contributed by atoms with Gasteiger partial charge in [0.1, 0.15) is 0 Å². The normalized spacial score (nSPS) is 27.5. The van der Waals surface area contributed by atoms with Crippen molar-refractivity contribution in [3.63, 3.8) is 0 Å². The fourth-order valence-electron chi connectivity index (χ4n) is 1.49. The molecule has 0 aromatic carbocycles. The van der Waals surface area contributed by atoms with Crippen molar-refractivity contribution in [2.75, 3.05) is 6.61 Å². The van der Waals surface area contributed by atoms with Crippen LogP contribution in [0.4, 0.5) is 0 Å². The highest BCUT2D eigenvalue weighted by molar-refractivity contribution is 6.53. The molecule has 0 bridgehead atoms. The van der Waals surface area contributed by atoms with Crippen molar-refractivity contribution in [3.8, 4) is 6.07 Å². The van der Waals surface area contributed by atoms with Crippen LogP contribution in [0.1, 0.15) is 26.2 Å². The van der Waals surface area contributed by atoms with Gasteiger partial charge in [0, 0.05) is 13.0 Å². The molecule has 0 saturated carbocycles. The molecule has 1 rings (SSSR count). The summed E-state index contributed by atoms with van der Waals surface area (Å²) in [5.41, 5.74) is 0.556. The van der Waals surface area contributed by atoms with Gasteiger partial charge in [-0.3, -0.25) is 0 Å². The lowest BCUT2D eigenvalue weighted by Crippen LogP contribution is -2.27. The lowest BCUT2D eigenvalue weighted by atomic mass is 10.3. The molecule has 11 heavy (non-hydrogen) atoms. The Bertz CT molecular complexity index is 149. The number of hydrogen-bond donors (Lipinski definition) is 0. The molecule has 2 atom stereocenters. The highest BCUT2D eigenvalue weighted by Crippen LogP contribution is 2.23. The zero-order valence-electron chi connectivity index (χ0n) is 7.05. The lowest BCUT2D eigenvalue weighted by molar-refractivity contribution is 0.280. The van der Waals surface area contributed by atoms with Gasteiger partial charge in [-0.05, 0) is 18.0 Å². The molecule has 1 heterocycles. The molecule has 2 unspecified atom stereocenters. The highest BCUT2D eigenvalue weighted by Gasteiger charge is 2.22. The maximum absolute atomic E-state index is 8.48. The maximum Gasteiger partial charge on any atom is 0.180 e. The first kappa shape index (κ1) is 8.76. The van der Waals surface area contributed by atoms with Gasteiger partial charge in [-0.25, -0.2) is 0 Å². The first-order chi connectivity index (χ1) is 5.34. The minimum Gasteiger partial charge on any atom is -0.420 e. The number of rotatable bonds is 2. The molecule has 1 saturated heterocycles. The first-order valence-electron chi connectivity index (χ1n) is 4.33. The van der Waals surface area contributed by atoms with Gasteiger partial charge in [0.2, 0.25) is 0 Å². The molecule has 1 fully saturated rings. The van der Waals surface area contributed by atoms with Crippen molar-refractivity contribution in [2.24, 2.45) is 0 Å². The smallest absolute Gasteiger partial charge is 0.180 e. The summed E-state index contributed by atoms with van der Waals surface area (Å²) in [5, 5.41) is 8.48. The van der Waals surface area contributed by atoms with Gasteiger partial charge in [0.25, 0.3) is 0 Å². The third-order valence-electron chi connectivity index (χ3n) is 2.26. The Morgan fingerprint density at radius 3 is 3.00 bits per heavy atom. The van der Waals surface area contributed by atoms with Gasteiger partial charge in [0.05, 0.1) is 6.07 Å². The summed E-state index contributed by atoms with van der Waals surface area (Å²) in [6, 6.07) is 3.50. The zero-order valence-corrected chi connectivity index (χ0v) is 8.20. The van der Waals surface area contributed by atoms with E-state index in [2.05, 4.69) is 13.0 Å². The summed E-state index contributed by atoms with van der Waals surface area (Å²) in [6.45, 7) is 3.11. The van der Waals surface area contributed by atoms with Crippen molar-refractivity contribution in [1.29, 1.82) is 5.26 Å². The molecule has 3 heteroatoms. The fourth-order valence-corrected chi connectivity index (χ4v) is 4.08. The standard InChI is InChI=1S/C8H15NOSi/c1-8(4-5-9)11-7-3-2-6-10-11/h8,11H,2-4,6-7H2,1H3. The maximum atomic E-state index is 8.48. The molecular formula is C8H15NOSi. The fraction of sp³-hybridized carbons (Fsp3) is 0.875. The highest BCUT2D eigenvalue weighted by atomic mass is 28.3. The molecule has 0 aromatic heterocycles. The van der Waals surface area contributed by atoms with Crippen molar-refractivity contribution >= 4 is 9.04 Å². The minimum atomic E-state index is -0.960. The first-order valence-corrected chi connectivity index (χ1v) is 6.28. The van der Waals surface area contributed by atoms with Crippen LogP contribution in [0.2, 0.25) is 11.6 Å². The van der Waals surface area contributed by atoms with E-state index >= 15 is 0 Å². The Balaban J connectivity index is 2.27. The second kappa shape index (κ2) is 4.53. The van der Waals surface area contributed by atoms with Gasteiger partial charge in [-0.1, -0.05) is 13.3 Å². The Kier molecular flexibility index (Phi) is 3.60. The van der Waals surface area contributed by atoms with Crippen LogP contribution in [0.3, 0.4) is 0 Å². The third kappa shape index (κ3) is 2.64. The van der Waals surface area contributed by atoms with E-state index in [1.165, 1.54) is 18.9 Å². The SMILES string of the molecule is CC(CC#N)[SiH]1CCCCO1. The molecule has 2 nitrogen and oxygen atoms in total. The monoisotopic (exact) mass is 169 g/mol. The van der Waals surface area contributed by atoms with Crippen LogP contribution in [-0.2, 0) is 4.43 Å². The summed E-state index contributed by atoms with van der Waals surface area (Å²) in [5.74, 6) is 0. The van der Waals surface area contributed by atoms with Crippen LogP contribution < -0.4 is 0 Å². The van der Waals surface area contributed by atoms with Gasteiger partial charge in [-0.2, -0.15) is 5.26 Å². The van der Waals surface area contributed by atoms with E-state index in [4.69, 9.17) is 9.69 Å². The van der Waals surface area contributed by atoms with Gasteiger partial charge in [0.15, 0.2) is 9.04 Å². The molecule has 1 aliphatic rings. The van der Waals surface area contributed by atoms with E-state index in [0.29, 0.717) is 12.0 Å². The second-order valence-electron chi connectivity index (χ2n) is 3.24. The van der Waals surface area contributed by atoms with Crippen LogP contribution in [0.15, 0.2) is 0 Å². The number of nitrogens with zero attached hydrogens (tertiary/aromatic N) is 1. The topological polar surface area (TPSA) is 33.0 Å². The molecule has 62 valence electrons. The minimum absolute atomic E-state index is 0.556. The second-order valence-corrected chi connectivity index (χ2v) is 6.37. The van der Waals surface area contributed by atoms with Gasteiger partial charge >= 0.3 is 0 Å². The van der Waals surface area contributed by atoms with E-state index in [0.717, 1.165) is 6.61 Å². The Hall–Kier alpha value is -0.333. The predicted octanol–water partition coefficient (Wildman–Crippen LogP) is 1.82. The number of hydrogen-bond acceptors (Lipinski definition) is 2. The predicted molar refractivity (Wildman–Crippen MR) is 46.8 cm³/mol. The molecular weight excluding hydrogens is 154 g/mol. The Morgan fingerprint density at radius 1 is 1.64 bits per heavy atom. The van der Waals surface area contributed by atoms with Gasteiger partial charge in [-0.15, -0.1) is 0 Å². The molecule has 0 aliphatic carbocycles. The average molecular weight is 169 g/mol. The summed E-state index contributed by atoms with van der Waals surface area (Å²) in [4.78, 5) is 0. The number of nitriles is 1. The molecule has 1 aliphatic heterocycles. The summed E-state index contributed by atoms with van der Waals surface area (Å²) in [7, 11) is -0.960. The van der Waals surface area contributed by atoms with E-state index in [-0.39, 0.29) is 0 Å². The molecule has 0 amide bonds. The Morgan fingerprint density at radius 2 is 2.45 bits per heavy atom. The largest absolute Gasteiger partial charge is 0.420 e. The van der Waals surface area contributed by atoms with Crippen molar-refractivity contribution in [1.82, 2.24) is 0 Å². The van der Waals surface area contributed by atoms with Crippen LogP contribution in [0.5, 0.6) is 0 Å². The van der Waals surface area contributed by atoms with Crippen LogP contribution in [-0.4, -0.2) is 15.6 Å². The van der Waals surface area contributed by atoms with Crippen molar-refractivity contribution in [2.45, 2.75) is 37.8 Å². The quantitative estimate of drug-likeness (QED) is 0.591. The molecule has 0 aromatic rings. The van der Waals surface area contributed by atoms with E-state index in [1.54, 1.807) is 0 Å². The van der Waals surface area contributed by atoms with E-state index in [1.807, 2.05) is 0 Å². The molecule has 0 radical (unpaired) electrons. The van der Waals surface area contributed by atoms with Crippen molar-refractivity contribution in [3.05, 3.63) is 0 Å². The van der Waals surface area contributed by atoms with Crippen LogP contribution in [0, 0.1) is 11.3 Å². The summed E-state index contributed by atoms with van der Waals surface area (Å²) < 4.78 is 5.68. The van der Waals surface area contributed by atoms with Gasteiger partial charge < -0.3 is 4.43 Å².